The first-order valence-corrected chi connectivity index (χ1v) is 12.9. The van der Waals surface area contributed by atoms with Gasteiger partial charge in [-0.2, -0.15) is 5.26 Å². The lowest BCUT2D eigenvalue weighted by molar-refractivity contribution is -0.244. The molecular formula is C28H38N6O5. The largest absolute Gasteiger partial charge is 0.399 e. The van der Waals surface area contributed by atoms with Gasteiger partial charge in [0.2, 0.25) is 0 Å². The third-order valence-corrected chi connectivity index (χ3v) is 6.63. The van der Waals surface area contributed by atoms with Crippen molar-refractivity contribution in [2.45, 2.75) is 44.9 Å². The maximum Gasteiger partial charge on any atom is 0.262 e. The van der Waals surface area contributed by atoms with Crippen molar-refractivity contribution in [1.29, 1.82) is 5.26 Å². The molecule has 11 nitrogen and oxygen atoms in total. The number of ether oxygens (including phenoxy) is 2. The molecule has 1 amide bonds. The Bertz CT molecular complexity index is 1240. The number of methoxy groups -OCH3 is 1. The lowest BCUT2D eigenvalue weighted by Gasteiger charge is -2.37. The number of aliphatic hydroxyl groups excluding tert-OH is 2. The van der Waals surface area contributed by atoms with E-state index in [1.807, 2.05) is 30.3 Å². The van der Waals surface area contributed by atoms with Gasteiger partial charge in [-0.3, -0.25) is 4.79 Å². The minimum atomic E-state index is -1.14. The molecule has 2 unspecified atom stereocenters. The first kappa shape index (κ1) is 29.9. The van der Waals surface area contributed by atoms with E-state index in [0.29, 0.717) is 0 Å². The van der Waals surface area contributed by atoms with Crippen LogP contribution in [0.15, 0.2) is 53.9 Å². The first-order valence-electron chi connectivity index (χ1n) is 12.9. The molecule has 210 valence electrons. The molecule has 0 aromatic heterocycles. The highest BCUT2D eigenvalue weighted by atomic mass is 16.7. The molecule has 11 heteroatoms. The van der Waals surface area contributed by atoms with Crippen molar-refractivity contribution in [2.24, 2.45) is 11.6 Å². The van der Waals surface area contributed by atoms with Crippen molar-refractivity contribution in [3.8, 4) is 6.07 Å². The van der Waals surface area contributed by atoms with E-state index < -0.39 is 30.5 Å². The molecular weight excluding hydrogens is 500 g/mol. The number of amides is 1. The van der Waals surface area contributed by atoms with Crippen molar-refractivity contribution in [2.75, 3.05) is 38.2 Å². The third-order valence-electron chi connectivity index (χ3n) is 6.63. The van der Waals surface area contributed by atoms with E-state index in [-0.39, 0.29) is 30.8 Å². The smallest absolute Gasteiger partial charge is 0.262 e. The molecule has 2 aromatic carbocycles. The number of anilines is 1. The summed E-state index contributed by atoms with van der Waals surface area (Å²) in [7, 11) is 1.44. The van der Waals surface area contributed by atoms with Crippen molar-refractivity contribution < 1.29 is 24.5 Å². The minimum Gasteiger partial charge on any atom is -0.399 e. The average Bonchev–Trinajstić information content (AvgIpc) is 2.93. The summed E-state index contributed by atoms with van der Waals surface area (Å²) in [5, 5.41) is 35.6. The highest BCUT2D eigenvalue weighted by Gasteiger charge is 2.37. The number of hydrogen-bond donors (Lipinski definition) is 5. The number of nitrogens with one attached hydrogen (secondary N) is 1. The van der Waals surface area contributed by atoms with Crippen LogP contribution in [-0.4, -0.2) is 79.0 Å². The van der Waals surface area contributed by atoms with Gasteiger partial charge >= 0.3 is 0 Å². The Hall–Kier alpha value is -3.66. The second kappa shape index (κ2) is 13.9. The van der Waals surface area contributed by atoms with Crippen molar-refractivity contribution >= 4 is 28.4 Å². The molecule has 1 saturated heterocycles. The molecule has 1 heterocycles. The lowest BCUT2D eigenvalue weighted by Crippen LogP contribution is -2.53. The summed E-state index contributed by atoms with van der Waals surface area (Å²) < 4.78 is 10.7. The standard InChI is InChI=1S/C28H38N6O5/c1-4-33(5-2)23-9-8-19-10-18(6-7-20(19)12-23)11-21(14-29)28(37)32-15-22(30)16-34(31)17-25-27(36)24(35)13-26(38-3)39-25/h6-12,16,24-27,35-36H,4-5,13,15,17,30-31H2,1-3H3,(H,32,37)/b21-11+,22-16-/t24?,25?,26-,27-/m0/s1. The predicted octanol–water partition coefficient (Wildman–Crippen LogP) is 1.17. The number of nitrogens with zero attached hydrogens (tertiary/aromatic N) is 3. The lowest BCUT2D eigenvalue weighted by atomic mass is 10.0. The first-order chi connectivity index (χ1) is 18.7. The molecule has 2 aromatic rings. The Morgan fingerprint density at radius 2 is 1.92 bits per heavy atom. The number of aliphatic hydroxyl groups is 2. The maximum absolute atomic E-state index is 12.7. The van der Waals surface area contributed by atoms with Gasteiger partial charge < -0.3 is 40.6 Å². The van der Waals surface area contributed by atoms with Crippen LogP contribution in [0.2, 0.25) is 0 Å². The van der Waals surface area contributed by atoms with E-state index in [9.17, 15) is 20.3 Å². The fourth-order valence-corrected chi connectivity index (χ4v) is 4.46. The molecule has 0 bridgehead atoms. The molecule has 0 aliphatic carbocycles. The van der Waals surface area contributed by atoms with Gasteiger partial charge in [-0.25, -0.2) is 5.84 Å². The molecule has 0 radical (unpaired) electrons. The Morgan fingerprint density at radius 1 is 1.23 bits per heavy atom. The van der Waals surface area contributed by atoms with Crippen LogP contribution in [-0.2, 0) is 14.3 Å². The molecule has 0 saturated carbocycles. The Morgan fingerprint density at radius 3 is 2.59 bits per heavy atom. The summed E-state index contributed by atoms with van der Waals surface area (Å²) in [6, 6.07) is 13.9. The van der Waals surface area contributed by atoms with E-state index in [1.54, 1.807) is 0 Å². The number of benzene rings is 2. The second-order valence-electron chi connectivity index (χ2n) is 9.35. The highest BCUT2D eigenvalue weighted by molar-refractivity contribution is 6.02. The number of carbonyl (C=O) groups excluding carboxylic acids is 1. The SMILES string of the molecule is CCN(CC)c1ccc2cc(/C=C(\C#N)C(=O)NC/C(N)=C/N(N)CC3O[C@H](OC)CC(O)[C@@H]3O)ccc2c1. The molecule has 1 aliphatic heterocycles. The number of hydrazine groups is 1. The predicted molar refractivity (Wildman–Crippen MR) is 150 cm³/mol. The van der Waals surface area contributed by atoms with Crippen LogP contribution in [0.4, 0.5) is 5.69 Å². The molecule has 3 rings (SSSR count). The fourth-order valence-electron chi connectivity index (χ4n) is 4.46. The Balaban J connectivity index is 1.61. The number of nitriles is 1. The van der Waals surface area contributed by atoms with Crippen molar-refractivity contribution in [1.82, 2.24) is 10.3 Å². The molecule has 1 aliphatic rings. The molecule has 4 atom stereocenters. The van der Waals surface area contributed by atoms with E-state index in [4.69, 9.17) is 21.1 Å². The molecule has 1 fully saturated rings. The van der Waals surface area contributed by atoms with Gasteiger partial charge in [0.15, 0.2) is 6.29 Å². The van der Waals surface area contributed by atoms with Gasteiger partial charge in [0.05, 0.1) is 19.2 Å². The summed E-state index contributed by atoms with van der Waals surface area (Å²) in [4.78, 5) is 14.9. The van der Waals surface area contributed by atoms with E-state index in [0.717, 1.165) is 35.1 Å². The zero-order valence-electron chi connectivity index (χ0n) is 22.6. The number of fused-ring (bicyclic) bond motifs is 1. The van der Waals surface area contributed by atoms with Crippen molar-refractivity contribution in [3.63, 3.8) is 0 Å². The summed E-state index contributed by atoms with van der Waals surface area (Å²) in [6.07, 6.45) is -0.556. The van der Waals surface area contributed by atoms with Gasteiger partial charge in [0.25, 0.3) is 5.91 Å². The number of carbonyl (C=O) groups is 1. The summed E-state index contributed by atoms with van der Waals surface area (Å²) in [6.45, 7) is 6.04. The van der Waals surface area contributed by atoms with Gasteiger partial charge in [0.1, 0.15) is 23.9 Å². The van der Waals surface area contributed by atoms with Crippen LogP contribution in [0, 0.1) is 11.3 Å². The van der Waals surface area contributed by atoms with Crippen LogP contribution in [0.5, 0.6) is 0 Å². The zero-order chi connectivity index (χ0) is 28.5. The van der Waals surface area contributed by atoms with Crippen LogP contribution in [0.1, 0.15) is 25.8 Å². The number of hydrogen-bond acceptors (Lipinski definition) is 10. The van der Waals surface area contributed by atoms with E-state index >= 15 is 0 Å². The molecule has 39 heavy (non-hydrogen) atoms. The van der Waals surface area contributed by atoms with Gasteiger partial charge in [0, 0.05) is 44.2 Å². The molecule has 0 spiro atoms. The van der Waals surface area contributed by atoms with Gasteiger partial charge in [-0.15, -0.1) is 0 Å². The summed E-state index contributed by atoms with van der Waals surface area (Å²) in [5.74, 6) is 5.39. The number of rotatable bonds is 11. The van der Waals surface area contributed by atoms with Crippen LogP contribution in [0.25, 0.3) is 16.8 Å². The quantitative estimate of drug-likeness (QED) is 0.121. The van der Waals surface area contributed by atoms with Crippen LogP contribution >= 0.6 is 0 Å². The Labute approximate surface area is 228 Å². The van der Waals surface area contributed by atoms with Gasteiger partial charge in [-0.05, 0) is 54.5 Å². The summed E-state index contributed by atoms with van der Waals surface area (Å²) in [5.41, 5.74) is 8.02. The van der Waals surface area contributed by atoms with Crippen molar-refractivity contribution in [3.05, 3.63) is 59.4 Å². The topological polar surface area (TPSA) is 170 Å². The third kappa shape index (κ3) is 7.92. The van der Waals surface area contributed by atoms with Crippen LogP contribution in [0.3, 0.4) is 0 Å². The highest BCUT2D eigenvalue weighted by Crippen LogP contribution is 2.24. The monoisotopic (exact) mass is 538 g/mol. The van der Waals surface area contributed by atoms with Crippen LogP contribution < -0.4 is 21.8 Å². The Kier molecular flexibility index (Phi) is 10.7. The maximum atomic E-state index is 12.7. The van der Waals surface area contributed by atoms with E-state index in [2.05, 4.69) is 36.2 Å². The number of nitrogens with two attached hydrogens (primary N) is 2. The fraction of sp³-hybridized carbons (Fsp3) is 0.429. The minimum absolute atomic E-state index is 0.0223. The van der Waals surface area contributed by atoms with Gasteiger partial charge in [-0.1, -0.05) is 18.2 Å². The van der Waals surface area contributed by atoms with E-state index in [1.165, 1.54) is 24.4 Å². The zero-order valence-corrected chi connectivity index (χ0v) is 22.6. The molecule has 7 N–H and O–H groups in total. The normalized spacial score (nSPS) is 21.9. The second-order valence-corrected chi connectivity index (χ2v) is 9.35. The summed E-state index contributed by atoms with van der Waals surface area (Å²) >= 11 is 0. The average molecular weight is 539 g/mol.